The largest absolute Gasteiger partial charge is 0.0648 e. The van der Waals surface area contributed by atoms with E-state index in [2.05, 4.69) is 27.7 Å². The Kier molecular flexibility index (Phi) is 1.41. The second kappa shape index (κ2) is 2.02. The molecule has 0 N–H and O–H groups in total. The average Bonchev–Trinajstić information content (AvgIpc) is 2.57. The molecular weight excluding hydrogens is 132 g/mol. The molecule has 2 saturated carbocycles. The van der Waals surface area contributed by atoms with Gasteiger partial charge in [-0.3, -0.25) is 0 Å². The summed E-state index contributed by atoms with van der Waals surface area (Å²) < 4.78 is 0. The maximum atomic E-state index is 2.45. The normalized spacial score (nSPS) is 53.7. The van der Waals surface area contributed by atoms with E-state index in [1.807, 2.05) is 0 Å². The van der Waals surface area contributed by atoms with Gasteiger partial charge in [0.15, 0.2) is 0 Å². The highest BCUT2D eigenvalue weighted by atomic mass is 14.7. The molecular formula is C11H20. The van der Waals surface area contributed by atoms with Crippen molar-refractivity contribution in [3.8, 4) is 0 Å². The van der Waals surface area contributed by atoms with Crippen LogP contribution in [0.15, 0.2) is 0 Å². The van der Waals surface area contributed by atoms with Crippen molar-refractivity contribution < 1.29 is 0 Å². The van der Waals surface area contributed by atoms with Gasteiger partial charge in [0.05, 0.1) is 0 Å². The Labute approximate surface area is 70.4 Å². The molecule has 4 unspecified atom stereocenters. The number of hydrogen-bond donors (Lipinski definition) is 0. The predicted octanol–water partition coefficient (Wildman–Crippen LogP) is 3.32. The summed E-state index contributed by atoms with van der Waals surface area (Å²) in [6.07, 6.45) is 2.98. The van der Waals surface area contributed by atoms with Gasteiger partial charge in [0, 0.05) is 0 Å². The van der Waals surface area contributed by atoms with E-state index in [9.17, 15) is 0 Å². The average molecular weight is 152 g/mol. The molecule has 0 aromatic rings. The van der Waals surface area contributed by atoms with E-state index in [-0.39, 0.29) is 0 Å². The highest BCUT2D eigenvalue weighted by Crippen LogP contribution is 2.77. The molecule has 0 aliphatic heterocycles. The van der Waals surface area contributed by atoms with Gasteiger partial charge in [0.1, 0.15) is 0 Å². The molecule has 0 spiro atoms. The van der Waals surface area contributed by atoms with Crippen LogP contribution >= 0.6 is 0 Å². The topological polar surface area (TPSA) is 0 Å². The molecule has 0 nitrogen and oxygen atoms in total. The Morgan fingerprint density at radius 1 is 1.45 bits per heavy atom. The Balaban J connectivity index is 2.09. The zero-order valence-electron chi connectivity index (χ0n) is 8.22. The number of rotatable bonds is 2. The van der Waals surface area contributed by atoms with Gasteiger partial charge in [0.25, 0.3) is 0 Å². The summed E-state index contributed by atoms with van der Waals surface area (Å²) in [6, 6.07) is 0. The van der Waals surface area contributed by atoms with Crippen LogP contribution in [0.4, 0.5) is 0 Å². The third kappa shape index (κ3) is 0.711. The summed E-state index contributed by atoms with van der Waals surface area (Å²) in [7, 11) is 0. The third-order valence-electron chi connectivity index (χ3n) is 4.42. The van der Waals surface area contributed by atoms with E-state index in [0.717, 1.165) is 29.1 Å². The van der Waals surface area contributed by atoms with Crippen molar-refractivity contribution in [3.63, 3.8) is 0 Å². The molecule has 2 rings (SSSR count). The zero-order valence-corrected chi connectivity index (χ0v) is 8.22. The minimum Gasteiger partial charge on any atom is -0.0648 e. The number of fused-ring (bicyclic) bond motifs is 1. The van der Waals surface area contributed by atoms with E-state index in [0.29, 0.717) is 0 Å². The Morgan fingerprint density at radius 3 is 2.36 bits per heavy atom. The van der Waals surface area contributed by atoms with Gasteiger partial charge < -0.3 is 0 Å². The molecule has 0 saturated heterocycles. The second-order valence-electron chi connectivity index (χ2n) is 5.03. The smallest absolute Gasteiger partial charge is 0.0233 e. The van der Waals surface area contributed by atoms with Gasteiger partial charge in [-0.2, -0.15) is 0 Å². The minimum absolute atomic E-state index is 0.841. The van der Waals surface area contributed by atoms with Crippen LogP contribution in [0.1, 0.15) is 40.5 Å². The fourth-order valence-electron chi connectivity index (χ4n) is 4.01. The van der Waals surface area contributed by atoms with Crippen LogP contribution in [-0.4, -0.2) is 0 Å². The number of hydrogen-bond acceptors (Lipinski definition) is 0. The quantitative estimate of drug-likeness (QED) is 0.569. The van der Waals surface area contributed by atoms with Crippen molar-refractivity contribution in [3.05, 3.63) is 0 Å². The lowest BCUT2D eigenvalue weighted by Gasteiger charge is -2.45. The molecule has 0 radical (unpaired) electrons. The Bertz CT molecular complexity index is 171. The van der Waals surface area contributed by atoms with Crippen molar-refractivity contribution in [1.82, 2.24) is 0 Å². The van der Waals surface area contributed by atoms with Gasteiger partial charge in [0.2, 0.25) is 0 Å². The van der Waals surface area contributed by atoms with Crippen molar-refractivity contribution in [2.45, 2.75) is 40.5 Å². The predicted molar refractivity (Wildman–Crippen MR) is 48.3 cm³/mol. The summed E-state index contributed by atoms with van der Waals surface area (Å²) in [6.45, 7) is 9.62. The summed E-state index contributed by atoms with van der Waals surface area (Å²) in [5, 5.41) is 0. The molecule has 0 aromatic heterocycles. The fraction of sp³-hybridized carbons (Fsp3) is 1.00. The van der Waals surface area contributed by atoms with Crippen molar-refractivity contribution in [2.24, 2.45) is 29.1 Å². The molecule has 0 bridgehead atoms. The Hall–Kier alpha value is 0. The lowest BCUT2D eigenvalue weighted by atomic mass is 9.60. The molecule has 2 fully saturated rings. The van der Waals surface area contributed by atoms with E-state index < -0.39 is 0 Å². The molecule has 0 aromatic carbocycles. The molecule has 64 valence electrons. The van der Waals surface area contributed by atoms with Gasteiger partial charge in [-0.05, 0) is 41.9 Å². The van der Waals surface area contributed by atoms with Crippen LogP contribution in [0.3, 0.4) is 0 Å². The molecule has 4 atom stereocenters. The maximum absolute atomic E-state index is 2.45. The van der Waals surface area contributed by atoms with Crippen LogP contribution < -0.4 is 0 Å². The molecule has 2 aliphatic rings. The van der Waals surface area contributed by atoms with Crippen molar-refractivity contribution in [2.75, 3.05) is 0 Å². The zero-order chi connectivity index (χ0) is 8.22. The third-order valence-corrected chi connectivity index (χ3v) is 4.42. The van der Waals surface area contributed by atoms with Crippen LogP contribution in [0.25, 0.3) is 0 Å². The molecule has 11 heavy (non-hydrogen) atoms. The first-order valence-electron chi connectivity index (χ1n) is 5.13. The Morgan fingerprint density at radius 2 is 2.09 bits per heavy atom. The second-order valence-corrected chi connectivity index (χ2v) is 5.03. The summed E-state index contributed by atoms with van der Waals surface area (Å²) >= 11 is 0. The van der Waals surface area contributed by atoms with E-state index in [1.165, 1.54) is 6.42 Å². The van der Waals surface area contributed by atoms with Crippen LogP contribution in [0.2, 0.25) is 0 Å². The lowest BCUT2D eigenvalue weighted by Crippen LogP contribution is -2.40. The van der Waals surface area contributed by atoms with Crippen LogP contribution in [-0.2, 0) is 0 Å². The molecule has 2 aliphatic carbocycles. The van der Waals surface area contributed by atoms with E-state index in [4.69, 9.17) is 0 Å². The van der Waals surface area contributed by atoms with E-state index >= 15 is 0 Å². The summed E-state index contributed by atoms with van der Waals surface area (Å²) in [5.41, 5.74) is 0.841. The standard InChI is InChI=1S/C11H20/c1-5-11-6-9(11)8(4)10(11)7(2)3/h7-10H,5-6H2,1-4H3. The van der Waals surface area contributed by atoms with Gasteiger partial charge in [-0.15, -0.1) is 0 Å². The van der Waals surface area contributed by atoms with Crippen LogP contribution in [0.5, 0.6) is 0 Å². The van der Waals surface area contributed by atoms with Crippen molar-refractivity contribution in [1.29, 1.82) is 0 Å². The van der Waals surface area contributed by atoms with Gasteiger partial charge >= 0.3 is 0 Å². The molecule has 0 heteroatoms. The first kappa shape index (κ1) is 7.64. The monoisotopic (exact) mass is 152 g/mol. The van der Waals surface area contributed by atoms with Gasteiger partial charge in [-0.1, -0.05) is 27.7 Å². The first-order valence-corrected chi connectivity index (χ1v) is 5.13. The fourth-order valence-corrected chi connectivity index (χ4v) is 4.01. The maximum Gasteiger partial charge on any atom is -0.0233 e. The summed E-state index contributed by atoms with van der Waals surface area (Å²) in [5.74, 6) is 4.14. The summed E-state index contributed by atoms with van der Waals surface area (Å²) in [4.78, 5) is 0. The molecule has 0 amide bonds. The lowest BCUT2D eigenvalue weighted by molar-refractivity contribution is 0.0275. The highest BCUT2D eigenvalue weighted by Gasteiger charge is 2.70. The first-order chi connectivity index (χ1) is 5.13. The SMILES string of the molecule is CCC12CC1C(C)C2C(C)C. The molecule has 0 heterocycles. The van der Waals surface area contributed by atoms with Crippen LogP contribution in [0, 0.1) is 29.1 Å². The van der Waals surface area contributed by atoms with E-state index in [1.54, 1.807) is 6.42 Å². The minimum atomic E-state index is 0.841. The van der Waals surface area contributed by atoms with Crippen molar-refractivity contribution >= 4 is 0 Å². The van der Waals surface area contributed by atoms with Gasteiger partial charge in [-0.25, -0.2) is 0 Å². The highest BCUT2D eigenvalue weighted by molar-refractivity contribution is 5.18.